The molecule has 0 radical (unpaired) electrons. The van der Waals surface area contributed by atoms with Crippen LogP contribution >= 0.6 is 0 Å². The number of ether oxygens (including phenoxy) is 1. The van der Waals surface area contributed by atoms with Crippen molar-refractivity contribution in [2.24, 2.45) is 0 Å². The van der Waals surface area contributed by atoms with E-state index in [1.807, 2.05) is 41.3 Å². The van der Waals surface area contributed by atoms with Crippen LogP contribution in [0.4, 0.5) is 4.39 Å². The molecule has 0 spiro atoms. The second-order valence-corrected chi connectivity index (χ2v) is 10.9. The van der Waals surface area contributed by atoms with Crippen molar-refractivity contribution in [2.75, 3.05) is 19.7 Å². The molecule has 39 heavy (non-hydrogen) atoms. The lowest BCUT2D eigenvalue weighted by atomic mass is 9.80. The molecule has 1 aliphatic heterocycles. The van der Waals surface area contributed by atoms with Crippen LogP contribution in [0.3, 0.4) is 0 Å². The van der Waals surface area contributed by atoms with Gasteiger partial charge < -0.3 is 14.7 Å². The van der Waals surface area contributed by atoms with E-state index in [4.69, 9.17) is 4.74 Å². The van der Waals surface area contributed by atoms with Crippen LogP contribution in [0.15, 0.2) is 72.8 Å². The van der Waals surface area contributed by atoms with Gasteiger partial charge >= 0.3 is 0 Å². The van der Waals surface area contributed by atoms with Gasteiger partial charge in [0.25, 0.3) is 5.91 Å². The Morgan fingerprint density at radius 3 is 2.23 bits per heavy atom. The van der Waals surface area contributed by atoms with Gasteiger partial charge in [-0.2, -0.15) is 0 Å². The van der Waals surface area contributed by atoms with Gasteiger partial charge in [-0.1, -0.05) is 56.7 Å². The number of hydrogen-bond donors (Lipinski definition) is 1. The van der Waals surface area contributed by atoms with Crippen LogP contribution in [0, 0.1) is 5.82 Å². The minimum Gasteiger partial charge on any atom is -0.508 e. The summed E-state index contributed by atoms with van der Waals surface area (Å²) in [5, 5.41) is 9.67. The normalized spacial score (nSPS) is 19.5. The smallest absolute Gasteiger partial charge is 0.260 e. The lowest BCUT2D eigenvalue weighted by molar-refractivity contribution is -0.139. The van der Waals surface area contributed by atoms with Crippen LogP contribution in [-0.4, -0.2) is 52.6 Å². The van der Waals surface area contributed by atoms with E-state index in [9.17, 15) is 14.3 Å². The van der Waals surface area contributed by atoms with E-state index in [2.05, 4.69) is 44.7 Å². The number of carbonyl (C=O) groups is 1. The number of nitrogens with zero attached hydrogens (tertiary/aromatic N) is 2. The first-order valence-electron chi connectivity index (χ1n) is 14.0. The van der Waals surface area contributed by atoms with Gasteiger partial charge in [-0.15, -0.1) is 0 Å². The highest BCUT2D eigenvalue weighted by Crippen LogP contribution is 2.37. The molecule has 1 fully saturated rings. The molecule has 3 aromatic rings. The average molecular weight is 533 g/mol. The number of piperazine rings is 1. The van der Waals surface area contributed by atoms with Gasteiger partial charge in [-0.05, 0) is 85.2 Å². The summed E-state index contributed by atoms with van der Waals surface area (Å²) in [6, 6.07) is 22.5. The number of carbonyl (C=O) groups excluding carboxylic acids is 1. The van der Waals surface area contributed by atoms with Crippen molar-refractivity contribution in [2.45, 2.75) is 71.0 Å². The van der Waals surface area contributed by atoms with Crippen molar-refractivity contribution in [1.29, 1.82) is 0 Å². The van der Waals surface area contributed by atoms with Crippen molar-refractivity contribution in [3.8, 4) is 11.5 Å². The van der Waals surface area contributed by atoms with E-state index in [1.165, 1.54) is 23.3 Å². The van der Waals surface area contributed by atoms with Gasteiger partial charge in [0.2, 0.25) is 0 Å². The van der Waals surface area contributed by atoms with Crippen molar-refractivity contribution < 1.29 is 19.0 Å². The zero-order chi connectivity index (χ0) is 27.9. The minimum atomic E-state index is -0.227. The van der Waals surface area contributed by atoms with Crippen LogP contribution in [-0.2, 0) is 11.3 Å². The molecule has 0 aliphatic carbocycles. The second-order valence-electron chi connectivity index (χ2n) is 10.9. The molecule has 6 heteroatoms. The summed E-state index contributed by atoms with van der Waals surface area (Å²) in [6.07, 6.45) is 2.14. The summed E-state index contributed by atoms with van der Waals surface area (Å²) < 4.78 is 19.2. The Morgan fingerprint density at radius 2 is 1.59 bits per heavy atom. The Bertz CT molecular complexity index is 1200. The van der Waals surface area contributed by atoms with E-state index >= 15 is 0 Å². The molecular weight excluding hydrogens is 491 g/mol. The third-order valence-corrected chi connectivity index (χ3v) is 8.03. The summed E-state index contributed by atoms with van der Waals surface area (Å²) >= 11 is 0. The largest absolute Gasteiger partial charge is 0.508 e. The maximum absolute atomic E-state index is 13.3. The maximum atomic E-state index is 13.3. The van der Waals surface area contributed by atoms with E-state index in [0.717, 1.165) is 31.5 Å². The summed E-state index contributed by atoms with van der Waals surface area (Å²) in [7, 11) is 0. The Kier molecular flexibility index (Phi) is 9.63. The highest BCUT2D eigenvalue weighted by molar-refractivity contribution is 5.78. The van der Waals surface area contributed by atoms with Gasteiger partial charge in [0.15, 0.2) is 6.61 Å². The number of rotatable bonds is 10. The van der Waals surface area contributed by atoms with Crippen LogP contribution < -0.4 is 4.74 Å². The van der Waals surface area contributed by atoms with Gasteiger partial charge in [0.1, 0.15) is 17.3 Å². The molecule has 0 bridgehead atoms. The molecule has 1 N–H and O–H groups in total. The monoisotopic (exact) mass is 532 g/mol. The van der Waals surface area contributed by atoms with E-state index in [-0.39, 0.29) is 36.2 Å². The fourth-order valence-corrected chi connectivity index (χ4v) is 5.66. The molecule has 1 saturated heterocycles. The zero-order valence-corrected chi connectivity index (χ0v) is 23.5. The minimum absolute atomic E-state index is 0.00981. The number of phenols is 1. The fraction of sp³-hybridized carbons (Fsp3) is 0.424. The number of amides is 1. The van der Waals surface area contributed by atoms with Crippen molar-refractivity contribution in [3.05, 3.63) is 95.3 Å². The number of halogens is 1. The fourth-order valence-electron chi connectivity index (χ4n) is 5.66. The van der Waals surface area contributed by atoms with Crippen LogP contribution in [0.5, 0.6) is 11.5 Å². The predicted molar refractivity (Wildman–Crippen MR) is 154 cm³/mol. The Labute approximate surface area is 232 Å². The first-order chi connectivity index (χ1) is 18.7. The van der Waals surface area contributed by atoms with Crippen LogP contribution in [0.2, 0.25) is 0 Å². The number of benzene rings is 3. The standard InChI is InChI=1S/C33H41FN2O3/c1-5-6-32(28-9-15-30(37)16-10-28)25(4)27-11-17-31(18-12-27)39-22-33(38)36-20-23(2)35(19-24(36)3)21-26-7-13-29(34)14-8-26/h7-18,23-25,32,37H,5-6,19-22H2,1-4H3/t23-,24+,25?,32?/m1/s1. The lowest BCUT2D eigenvalue weighted by Gasteiger charge is -2.44. The van der Waals surface area contributed by atoms with Crippen LogP contribution in [0.25, 0.3) is 0 Å². The molecule has 4 atom stereocenters. The third kappa shape index (κ3) is 7.39. The summed E-state index contributed by atoms with van der Waals surface area (Å²) in [6.45, 7) is 10.8. The molecule has 3 aromatic carbocycles. The molecule has 1 amide bonds. The predicted octanol–water partition coefficient (Wildman–Crippen LogP) is 6.72. The van der Waals surface area contributed by atoms with E-state index in [1.54, 1.807) is 12.1 Å². The van der Waals surface area contributed by atoms with Crippen molar-refractivity contribution in [3.63, 3.8) is 0 Å². The Morgan fingerprint density at radius 1 is 0.949 bits per heavy atom. The van der Waals surface area contributed by atoms with Crippen molar-refractivity contribution >= 4 is 5.91 Å². The average Bonchev–Trinajstić information content (AvgIpc) is 2.94. The third-order valence-electron chi connectivity index (χ3n) is 8.03. The molecule has 0 saturated carbocycles. The summed E-state index contributed by atoms with van der Waals surface area (Å²) in [5.74, 6) is 1.39. The van der Waals surface area contributed by atoms with Gasteiger partial charge in [0, 0.05) is 31.7 Å². The molecule has 1 aliphatic rings. The van der Waals surface area contributed by atoms with Gasteiger partial charge in [-0.3, -0.25) is 9.69 Å². The second kappa shape index (κ2) is 13.1. The number of aromatic hydroxyl groups is 1. The Balaban J connectivity index is 1.31. The van der Waals surface area contributed by atoms with E-state index in [0.29, 0.717) is 24.1 Å². The van der Waals surface area contributed by atoms with Crippen LogP contribution in [0.1, 0.15) is 69.1 Å². The molecular formula is C33H41FN2O3. The molecule has 0 aromatic heterocycles. The van der Waals surface area contributed by atoms with Gasteiger partial charge in [-0.25, -0.2) is 4.39 Å². The Hall–Kier alpha value is -3.38. The zero-order valence-electron chi connectivity index (χ0n) is 23.5. The first-order valence-corrected chi connectivity index (χ1v) is 14.0. The molecule has 5 nitrogen and oxygen atoms in total. The topological polar surface area (TPSA) is 53.0 Å². The maximum Gasteiger partial charge on any atom is 0.260 e. The summed E-state index contributed by atoms with van der Waals surface area (Å²) in [4.78, 5) is 17.3. The highest BCUT2D eigenvalue weighted by atomic mass is 19.1. The quantitative estimate of drug-likeness (QED) is 0.315. The molecule has 208 valence electrons. The molecule has 4 rings (SSSR count). The van der Waals surface area contributed by atoms with Gasteiger partial charge in [0.05, 0.1) is 0 Å². The molecule has 1 heterocycles. The molecule has 2 unspecified atom stereocenters. The lowest BCUT2D eigenvalue weighted by Crippen LogP contribution is -2.58. The number of hydrogen-bond acceptors (Lipinski definition) is 4. The van der Waals surface area contributed by atoms with Crippen molar-refractivity contribution in [1.82, 2.24) is 9.80 Å². The summed E-state index contributed by atoms with van der Waals surface area (Å²) in [5.41, 5.74) is 3.52. The highest BCUT2D eigenvalue weighted by Gasteiger charge is 2.32. The number of phenolic OH excluding ortho intramolecular Hbond substituents is 1. The van der Waals surface area contributed by atoms with E-state index < -0.39 is 0 Å². The SMILES string of the molecule is CCCC(c1ccc(O)cc1)C(C)c1ccc(OCC(=O)N2C[C@@H](C)N(Cc3ccc(F)cc3)C[C@@H]2C)cc1. The first kappa shape index (κ1) is 28.6.